The lowest BCUT2D eigenvalue weighted by Crippen LogP contribution is -2.45. The highest BCUT2D eigenvalue weighted by molar-refractivity contribution is 7.89. The smallest absolute Gasteiger partial charge is 0.251 e. The second kappa shape index (κ2) is 9.35. The Labute approximate surface area is 168 Å². The molecule has 2 fully saturated rings. The maximum absolute atomic E-state index is 12.4. The van der Waals surface area contributed by atoms with Gasteiger partial charge in [-0.05, 0) is 69.0 Å². The van der Waals surface area contributed by atoms with Gasteiger partial charge in [0.05, 0.1) is 4.90 Å². The summed E-state index contributed by atoms with van der Waals surface area (Å²) in [6, 6.07) is 6.76. The van der Waals surface area contributed by atoms with Crippen molar-refractivity contribution >= 4 is 15.9 Å². The van der Waals surface area contributed by atoms with Gasteiger partial charge in [0, 0.05) is 45.5 Å². The number of carbonyl (C=O) groups is 1. The molecule has 2 aliphatic heterocycles. The minimum absolute atomic E-state index is 0.152. The largest absolute Gasteiger partial charge is 0.381 e. The second-order valence-electron chi connectivity index (χ2n) is 7.84. The summed E-state index contributed by atoms with van der Waals surface area (Å²) >= 11 is 0. The van der Waals surface area contributed by atoms with Gasteiger partial charge in [0.1, 0.15) is 0 Å². The zero-order valence-corrected chi connectivity index (χ0v) is 17.6. The quantitative estimate of drug-likeness (QED) is 0.771. The van der Waals surface area contributed by atoms with Gasteiger partial charge in [-0.3, -0.25) is 4.79 Å². The van der Waals surface area contributed by atoms with Gasteiger partial charge in [-0.2, -0.15) is 0 Å². The number of piperidine rings is 1. The van der Waals surface area contributed by atoms with Crippen molar-refractivity contribution in [3.05, 3.63) is 29.8 Å². The first kappa shape index (κ1) is 21.2. The molecule has 28 heavy (non-hydrogen) atoms. The molecule has 0 radical (unpaired) electrons. The summed E-state index contributed by atoms with van der Waals surface area (Å²) < 4.78 is 30.8. The van der Waals surface area contributed by atoms with Gasteiger partial charge in [-0.1, -0.05) is 0 Å². The summed E-state index contributed by atoms with van der Waals surface area (Å²) in [5.41, 5.74) is 0.484. The summed E-state index contributed by atoms with van der Waals surface area (Å²) in [6.07, 6.45) is 4.44. The first-order chi connectivity index (χ1) is 13.4. The van der Waals surface area contributed by atoms with E-state index in [-0.39, 0.29) is 10.8 Å². The van der Waals surface area contributed by atoms with Crippen molar-refractivity contribution in [3.8, 4) is 0 Å². The van der Waals surface area contributed by atoms with Crippen LogP contribution >= 0.6 is 0 Å². The average molecular weight is 410 g/mol. The minimum atomic E-state index is -3.47. The molecule has 2 saturated heterocycles. The van der Waals surface area contributed by atoms with Crippen LogP contribution in [0.1, 0.15) is 36.0 Å². The molecule has 0 spiro atoms. The molecule has 0 aromatic heterocycles. The zero-order valence-electron chi connectivity index (χ0n) is 16.8. The first-order valence-electron chi connectivity index (χ1n) is 10.0. The fourth-order valence-corrected chi connectivity index (χ4v) is 4.80. The number of nitrogens with zero attached hydrogens (tertiary/aromatic N) is 2. The normalized spacial score (nSPS) is 20.4. The predicted molar refractivity (Wildman–Crippen MR) is 108 cm³/mol. The number of sulfonamides is 1. The molecule has 0 atom stereocenters. The molecule has 2 aliphatic rings. The SMILES string of the molecule is CN(C)S(=O)(=O)c1ccc(C(=O)NCC2CCN(C3CCOCC3)CC2)cc1. The lowest BCUT2D eigenvalue weighted by Gasteiger charge is -2.39. The van der Waals surface area contributed by atoms with Gasteiger partial charge in [-0.25, -0.2) is 12.7 Å². The fraction of sp³-hybridized carbons (Fsp3) is 0.650. The maximum atomic E-state index is 12.4. The second-order valence-corrected chi connectivity index (χ2v) is 10.00. The lowest BCUT2D eigenvalue weighted by molar-refractivity contribution is 0.0211. The molecule has 1 aromatic carbocycles. The van der Waals surface area contributed by atoms with Crippen LogP contribution in [-0.4, -0.2) is 76.5 Å². The van der Waals surface area contributed by atoms with E-state index in [1.54, 1.807) is 12.1 Å². The molecule has 0 unspecified atom stereocenters. The average Bonchev–Trinajstić information content (AvgIpc) is 2.73. The van der Waals surface area contributed by atoms with E-state index in [0.29, 0.717) is 24.1 Å². The van der Waals surface area contributed by atoms with E-state index in [4.69, 9.17) is 4.74 Å². The number of hydrogen-bond donors (Lipinski definition) is 1. The van der Waals surface area contributed by atoms with Crippen molar-refractivity contribution in [2.45, 2.75) is 36.6 Å². The van der Waals surface area contributed by atoms with Crippen LogP contribution in [0.15, 0.2) is 29.2 Å². The molecule has 7 nitrogen and oxygen atoms in total. The van der Waals surface area contributed by atoms with E-state index in [9.17, 15) is 13.2 Å². The standard InChI is InChI=1S/C20H31N3O4S/c1-22(2)28(25,26)19-5-3-17(4-6-19)20(24)21-15-16-7-11-23(12-8-16)18-9-13-27-14-10-18/h3-6,16,18H,7-15H2,1-2H3,(H,21,24). The first-order valence-corrected chi connectivity index (χ1v) is 11.4. The van der Waals surface area contributed by atoms with Crippen molar-refractivity contribution in [1.29, 1.82) is 0 Å². The van der Waals surface area contributed by atoms with Crippen LogP contribution < -0.4 is 5.32 Å². The Balaban J connectivity index is 1.46. The van der Waals surface area contributed by atoms with Gasteiger partial charge in [0.2, 0.25) is 10.0 Å². The molecule has 1 aromatic rings. The highest BCUT2D eigenvalue weighted by atomic mass is 32.2. The Morgan fingerprint density at radius 2 is 1.71 bits per heavy atom. The number of rotatable bonds is 6. The molecule has 1 N–H and O–H groups in total. The van der Waals surface area contributed by atoms with Gasteiger partial charge < -0.3 is 15.0 Å². The summed E-state index contributed by atoms with van der Waals surface area (Å²) in [5, 5.41) is 3.01. The molecular weight excluding hydrogens is 378 g/mol. The highest BCUT2D eigenvalue weighted by Crippen LogP contribution is 2.23. The number of hydrogen-bond acceptors (Lipinski definition) is 5. The molecule has 2 heterocycles. The molecule has 8 heteroatoms. The Hall–Kier alpha value is -1.48. The number of ether oxygens (including phenoxy) is 1. The van der Waals surface area contributed by atoms with E-state index >= 15 is 0 Å². The van der Waals surface area contributed by atoms with Crippen molar-refractivity contribution in [3.63, 3.8) is 0 Å². The number of benzene rings is 1. The summed E-state index contributed by atoms with van der Waals surface area (Å²) in [5.74, 6) is 0.342. The Morgan fingerprint density at radius 3 is 2.29 bits per heavy atom. The van der Waals surface area contributed by atoms with Crippen LogP contribution in [0.3, 0.4) is 0 Å². The Bertz CT molecular complexity index is 750. The number of nitrogens with one attached hydrogen (secondary N) is 1. The number of amides is 1. The van der Waals surface area contributed by atoms with E-state index in [2.05, 4.69) is 10.2 Å². The summed E-state index contributed by atoms with van der Waals surface area (Å²) in [4.78, 5) is 15.2. The summed E-state index contributed by atoms with van der Waals surface area (Å²) in [7, 11) is -0.496. The van der Waals surface area contributed by atoms with E-state index in [1.165, 1.54) is 26.2 Å². The Kier molecular flexibility index (Phi) is 7.09. The van der Waals surface area contributed by atoms with Gasteiger partial charge >= 0.3 is 0 Å². The zero-order chi connectivity index (χ0) is 20.1. The van der Waals surface area contributed by atoms with Crippen LogP contribution in [0, 0.1) is 5.92 Å². The molecule has 3 rings (SSSR count). The van der Waals surface area contributed by atoms with E-state index in [1.807, 2.05) is 0 Å². The number of carbonyl (C=O) groups excluding carboxylic acids is 1. The molecule has 1 amide bonds. The third-order valence-electron chi connectivity index (χ3n) is 5.80. The molecule has 0 saturated carbocycles. The highest BCUT2D eigenvalue weighted by Gasteiger charge is 2.26. The van der Waals surface area contributed by atoms with Crippen LogP contribution in [0.4, 0.5) is 0 Å². The van der Waals surface area contributed by atoms with Crippen LogP contribution in [0.25, 0.3) is 0 Å². The maximum Gasteiger partial charge on any atom is 0.251 e. The minimum Gasteiger partial charge on any atom is -0.381 e. The van der Waals surface area contributed by atoms with Gasteiger partial charge in [0.15, 0.2) is 0 Å². The predicted octanol–water partition coefficient (Wildman–Crippen LogP) is 1.56. The fourth-order valence-electron chi connectivity index (χ4n) is 3.90. The summed E-state index contributed by atoms with van der Waals surface area (Å²) in [6.45, 7) is 4.58. The van der Waals surface area contributed by atoms with Crippen molar-refractivity contribution in [2.75, 3.05) is 46.9 Å². The van der Waals surface area contributed by atoms with Crippen LogP contribution in [-0.2, 0) is 14.8 Å². The van der Waals surface area contributed by atoms with E-state index < -0.39 is 10.0 Å². The third-order valence-corrected chi connectivity index (χ3v) is 7.63. The van der Waals surface area contributed by atoms with Crippen molar-refractivity contribution < 1.29 is 17.9 Å². The van der Waals surface area contributed by atoms with Crippen LogP contribution in [0.2, 0.25) is 0 Å². The topological polar surface area (TPSA) is 79.0 Å². The van der Waals surface area contributed by atoms with Gasteiger partial charge in [-0.15, -0.1) is 0 Å². The Morgan fingerprint density at radius 1 is 1.11 bits per heavy atom. The third kappa shape index (κ3) is 5.11. The molecular formula is C20H31N3O4S. The number of likely N-dealkylation sites (tertiary alicyclic amines) is 1. The lowest BCUT2D eigenvalue weighted by atomic mass is 9.94. The van der Waals surface area contributed by atoms with Gasteiger partial charge in [0.25, 0.3) is 5.91 Å². The monoisotopic (exact) mass is 409 g/mol. The van der Waals surface area contributed by atoms with E-state index in [0.717, 1.165) is 56.3 Å². The van der Waals surface area contributed by atoms with Crippen molar-refractivity contribution in [1.82, 2.24) is 14.5 Å². The van der Waals surface area contributed by atoms with Crippen LogP contribution in [0.5, 0.6) is 0 Å². The molecule has 0 aliphatic carbocycles. The van der Waals surface area contributed by atoms with Crippen molar-refractivity contribution in [2.24, 2.45) is 5.92 Å². The molecule has 0 bridgehead atoms. The molecule has 156 valence electrons.